The fourth-order valence-corrected chi connectivity index (χ4v) is 2.51. The fourth-order valence-electron chi connectivity index (χ4n) is 2.51. The first-order valence-corrected chi connectivity index (χ1v) is 8.41. The number of hydrogen-bond donors (Lipinski definition) is 1. The Morgan fingerprint density at radius 1 is 1.00 bits per heavy atom. The molecule has 1 amide bonds. The van der Waals surface area contributed by atoms with Crippen molar-refractivity contribution in [3.63, 3.8) is 0 Å². The highest BCUT2D eigenvalue weighted by Gasteiger charge is 2.14. The van der Waals surface area contributed by atoms with Gasteiger partial charge < -0.3 is 10.1 Å². The Hall–Kier alpha value is -2.29. The molecule has 3 heteroatoms. The van der Waals surface area contributed by atoms with Crippen molar-refractivity contribution >= 4 is 6.09 Å². The molecule has 0 aliphatic carbocycles. The molecule has 3 nitrogen and oxygen atoms in total. The summed E-state index contributed by atoms with van der Waals surface area (Å²) >= 11 is 0. The number of benzene rings is 2. The van der Waals surface area contributed by atoms with Crippen molar-refractivity contribution in [1.82, 2.24) is 5.32 Å². The van der Waals surface area contributed by atoms with Crippen LogP contribution in [0.5, 0.6) is 0 Å². The van der Waals surface area contributed by atoms with Gasteiger partial charge in [0.15, 0.2) is 0 Å². The average Bonchev–Trinajstić information content (AvgIpc) is 2.53. The summed E-state index contributed by atoms with van der Waals surface area (Å²) in [5.74, 6) is 0. The first kappa shape index (κ1) is 18.1. The molecule has 0 spiro atoms. The van der Waals surface area contributed by atoms with Crippen LogP contribution in [-0.4, -0.2) is 12.1 Å². The summed E-state index contributed by atoms with van der Waals surface area (Å²) in [6.45, 7) is 8.89. The summed E-state index contributed by atoms with van der Waals surface area (Å²) in [7, 11) is 0. The van der Waals surface area contributed by atoms with Crippen LogP contribution in [0.4, 0.5) is 4.79 Å². The lowest BCUT2D eigenvalue weighted by Gasteiger charge is -2.20. The van der Waals surface area contributed by atoms with Crippen LogP contribution in [0, 0.1) is 0 Å². The molecule has 128 valence electrons. The van der Waals surface area contributed by atoms with E-state index >= 15 is 0 Å². The Morgan fingerprint density at radius 2 is 1.62 bits per heavy atom. The third-order valence-electron chi connectivity index (χ3n) is 3.94. The Morgan fingerprint density at radius 3 is 2.21 bits per heavy atom. The lowest BCUT2D eigenvalue weighted by atomic mass is 9.86. The second-order valence-corrected chi connectivity index (χ2v) is 7.26. The van der Waals surface area contributed by atoms with E-state index in [0.29, 0.717) is 6.61 Å². The van der Waals surface area contributed by atoms with Gasteiger partial charge in [0.25, 0.3) is 0 Å². The van der Waals surface area contributed by atoms with E-state index < -0.39 is 0 Å². The molecule has 0 heterocycles. The third kappa shape index (κ3) is 5.73. The SMILES string of the molecule is C[C@@H](Cc1ccc(C(C)(C)C)cc1)NC(=O)OCc1ccccc1. The number of alkyl carbamates (subject to hydrolysis) is 1. The average molecular weight is 325 g/mol. The van der Waals surface area contributed by atoms with Crippen LogP contribution >= 0.6 is 0 Å². The number of carbonyl (C=O) groups excluding carboxylic acids is 1. The smallest absolute Gasteiger partial charge is 0.407 e. The van der Waals surface area contributed by atoms with Gasteiger partial charge in [-0.2, -0.15) is 0 Å². The molecular formula is C21H27NO2. The highest BCUT2D eigenvalue weighted by molar-refractivity contribution is 5.67. The Labute approximate surface area is 145 Å². The normalized spacial score (nSPS) is 12.5. The minimum absolute atomic E-state index is 0.0220. The van der Waals surface area contributed by atoms with Gasteiger partial charge in [0.2, 0.25) is 0 Å². The Kier molecular flexibility index (Phi) is 6.02. The second-order valence-electron chi connectivity index (χ2n) is 7.26. The van der Waals surface area contributed by atoms with Crippen LogP contribution in [0.2, 0.25) is 0 Å². The van der Waals surface area contributed by atoms with E-state index in [1.54, 1.807) is 0 Å². The van der Waals surface area contributed by atoms with Crippen molar-refractivity contribution in [2.24, 2.45) is 0 Å². The molecule has 1 atom stereocenters. The molecule has 0 aliphatic heterocycles. The first-order chi connectivity index (χ1) is 11.3. The van der Waals surface area contributed by atoms with Crippen LogP contribution in [0.15, 0.2) is 54.6 Å². The van der Waals surface area contributed by atoms with Crippen molar-refractivity contribution in [3.05, 3.63) is 71.3 Å². The van der Waals surface area contributed by atoms with Gasteiger partial charge in [0, 0.05) is 6.04 Å². The minimum atomic E-state index is -0.377. The number of amides is 1. The second kappa shape index (κ2) is 8.00. The third-order valence-corrected chi connectivity index (χ3v) is 3.94. The van der Waals surface area contributed by atoms with Gasteiger partial charge in [-0.15, -0.1) is 0 Å². The minimum Gasteiger partial charge on any atom is -0.445 e. The molecule has 0 aromatic heterocycles. The molecule has 0 saturated heterocycles. The predicted molar refractivity (Wildman–Crippen MR) is 98.1 cm³/mol. The number of ether oxygens (including phenoxy) is 1. The lowest BCUT2D eigenvalue weighted by molar-refractivity contribution is 0.136. The highest BCUT2D eigenvalue weighted by atomic mass is 16.5. The van der Waals surface area contributed by atoms with Crippen molar-refractivity contribution < 1.29 is 9.53 Å². The first-order valence-electron chi connectivity index (χ1n) is 8.41. The summed E-state index contributed by atoms with van der Waals surface area (Å²) in [5.41, 5.74) is 3.66. The van der Waals surface area contributed by atoms with Crippen LogP contribution in [-0.2, 0) is 23.2 Å². The molecule has 24 heavy (non-hydrogen) atoms. The zero-order valence-corrected chi connectivity index (χ0v) is 15.0. The molecule has 1 N–H and O–H groups in total. The van der Waals surface area contributed by atoms with E-state index in [2.05, 4.69) is 50.4 Å². The maximum atomic E-state index is 11.9. The van der Waals surface area contributed by atoms with Gasteiger partial charge in [0.05, 0.1) is 0 Å². The van der Waals surface area contributed by atoms with E-state index in [-0.39, 0.29) is 17.6 Å². The summed E-state index contributed by atoms with van der Waals surface area (Å²) in [6.07, 6.45) is 0.405. The number of carbonyl (C=O) groups is 1. The molecule has 0 fully saturated rings. The number of nitrogens with one attached hydrogen (secondary N) is 1. The molecule has 0 bridgehead atoms. The zero-order chi connectivity index (χ0) is 17.6. The molecule has 0 saturated carbocycles. The van der Waals surface area contributed by atoms with Crippen LogP contribution in [0.25, 0.3) is 0 Å². The molecule has 2 aromatic carbocycles. The van der Waals surface area contributed by atoms with Gasteiger partial charge in [-0.1, -0.05) is 75.4 Å². The molecule has 2 rings (SSSR count). The van der Waals surface area contributed by atoms with Crippen molar-refractivity contribution in [3.8, 4) is 0 Å². The van der Waals surface area contributed by atoms with E-state index in [0.717, 1.165) is 12.0 Å². The van der Waals surface area contributed by atoms with Crippen LogP contribution < -0.4 is 5.32 Å². The van der Waals surface area contributed by atoms with Crippen molar-refractivity contribution in [2.45, 2.75) is 52.2 Å². The van der Waals surface area contributed by atoms with E-state index in [9.17, 15) is 4.79 Å². The highest BCUT2D eigenvalue weighted by Crippen LogP contribution is 2.22. The topological polar surface area (TPSA) is 38.3 Å². The summed E-state index contributed by atoms with van der Waals surface area (Å²) in [5, 5.41) is 2.88. The predicted octanol–water partition coefficient (Wildman–Crippen LogP) is 4.84. The van der Waals surface area contributed by atoms with Gasteiger partial charge in [-0.25, -0.2) is 4.79 Å². The van der Waals surface area contributed by atoms with Crippen LogP contribution in [0.1, 0.15) is 44.4 Å². The van der Waals surface area contributed by atoms with Crippen molar-refractivity contribution in [1.29, 1.82) is 0 Å². The lowest BCUT2D eigenvalue weighted by Crippen LogP contribution is -2.34. The Bertz CT molecular complexity index is 642. The van der Waals surface area contributed by atoms with E-state index in [1.807, 2.05) is 37.3 Å². The molecule has 2 aromatic rings. The molecular weight excluding hydrogens is 298 g/mol. The van der Waals surface area contributed by atoms with Gasteiger partial charge in [0.1, 0.15) is 6.61 Å². The number of rotatable bonds is 5. The van der Waals surface area contributed by atoms with Gasteiger partial charge >= 0.3 is 6.09 Å². The summed E-state index contributed by atoms with van der Waals surface area (Å²) < 4.78 is 5.25. The quantitative estimate of drug-likeness (QED) is 0.854. The molecule has 0 unspecified atom stereocenters. The Balaban J connectivity index is 1.80. The van der Waals surface area contributed by atoms with Gasteiger partial charge in [-0.3, -0.25) is 0 Å². The maximum Gasteiger partial charge on any atom is 0.407 e. The number of hydrogen-bond acceptors (Lipinski definition) is 2. The van der Waals surface area contributed by atoms with Crippen molar-refractivity contribution in [2.75, 3.05) is 0 Å². The van der Waals surface area contributed by atoms with E-state index in [1.165, 1.54) is 11.1 Å². The monoisotopic (exact) mass is 325 g/mol. The standard InChI is InChI=1S/C21H27NO2/c1-16(14-17-10-12-19(13-11-17)21(2,3)4)22-20(23)24-15-18-8-6-5-7-9-18/h5-13,16H,14-15H2,1-4H3,(H,22,23)/t16-/m0/s1. The summed E-state index contributed by atoms with van der Waals surface area (Å²) in [4.78, 5) is 11.9. The van der Waals surface area contributed by atoms with Gasteiger partial charge in [-0.05, 0) is 35.4 Å². The largest absolute Gasteiger partial charge is 0.445 e. The van der Waals surface area contributed by atoms with Crippen LogP contribution in [0.3, 0.4) is 0 Å². The van der Waals surface area contributed by atoms with E-state index in [4.69, 9.17) is 4.74 Å². The summed E-state index contributed by atoms with van der Waals surface area (Å²) in [6, 6.07) is 18.3. The maximum absolute atomic E-state index is 11.9. The fraction of sp³-hybridized carbons (Fsp3) is 0.381. The molecule has 0 radical (unpaired) electrons. The molecule has 0 aliphatic rings. The zero-order valence-electron chi connectivity index (χ0n) is 15.0.